The van der Waals surface area contributed by atoms with Crippen LogP contribution in [0.4, 0.5) is 11.4 Å². The average Bonchev–Trinajstić information content (AvgIpc) is 2.54. The van der Waals surface area contributed by atoms with Gasteiger partial charge in [0.05, 0.1) is 0 Å². The zero-order valence-corrected chi connectivity index (χ0v) is 13.4. The zero-order chi connectivity index (χ0) is 16.4. The van der Waals surface area contributed by atoms with E-state index in [0.717, 1.165) is 18.5 Å². The van der Waals surface area contributed by atoms with E-state index in [0.29, 0.717) is 11.3 Å². The Morgan fingerprint density at radius 1 is 1.09 bits per heavy atom. The molecule has 2 aromatic carbocycles. The van der Waals surface area contributed by atoms with Crippen LogP contribution in [0.25, 0.3) is 0 Å². The molecule has 3 rings (SSSR count). The van der Waals surface area contributed by atoms with Gasteiger partial charge in [-0.1, -0.05) is 18.2 Å². The number of nitrogens with one attached hydrogen (secondary N) is 1. The molecule has 1 N–H and O–H groups in total. The number of para-hydroxylation sites is 1. The fraction of sp³-hybridized carbons (Fsp3) is 0.263. The molecule has 0 fully saturated rings. The Hall–Kier alpha value is -2.62. The maximum atomic E-state index is 12.9. The number of carbonyl (C=O) groups is 2. The molecule has 0 aromatic heterocycles. The third kappa shape index (κ3) is 3.11. The van der Waals surface area contributed by atoms with Crippen molar-refractivity contribution < 1.29 is 9.59 Å². The number of carbonyl (C=O) groups excluding carboxylic acids is 2. The number of fused-ring (bicyclic) bond motifs is 1. The molecule has 1 aliphatic rings. The fourth-order valence-electron chi connectivity index (χ4n) is 3.04. The molecule has 4 nitrogen and oxygen atoms in total. The minimum atomic E-state index is -0.123. The normalized spacial score (nSPS) is 16.6. The smallest absolute Gasteiger partial charge is 0.258 e. The lowest BCUT2D eigenvalue weighted by Gasteiger charge is -2.35. The van der Waals surface area contributed by atoms with Crippen LogP contribution in [0.2, 0.25) is 0 Å². The molecule has 23 heavy (non-hydrogen) atoms. The van der Waals surface area contributed by atoms with Gasteiger partial charge in [-0.2, -0.15) is 0 Å². The molecule has 4 heteroatoms. The van der Waals surface area contributed by atoms with E-state index in [4.69, 9.17) is 0 Å². The number of benzene rings is 2. The Kier molecular flexibility index (Phi) is 4.15. The molecular formula is C19H20N2O2. The molecule has 1 heterocycles. The molecule has 2 amide bonds. The second-order valence-electron chi connectivity index (χ2n) is 5.95. The SMILES string of the molecule is CC(=O)Nc1ccc(C(=O)N2c3ccccc3CCC2C)cc1. The standard InChI is InChI=1S/C19H20N2O2/c1-13-7-8-15-5-3-4-6-18(15)21(13)19(23)16-9-11-17(12-10-16)20-14(2)22/h3-6,9-13H,7-8H2,1-2H3,(H,20,22). The zero-order valence-electron chi connectivity index (χ0n) is 13.4. The molecule has 1 unspecified atom stereocenters. The summed E-state index contributed by atoms with van der Waals surface area (Å²) in [7, 11) is 0. The summed E-state index contributed by atoms with van der Waals surface area (Å²) in [5.74, 6) is -0.123. The van der Waals surface area contributed by atoms with Crippen LogP contribution < -0.4 is 10.2 Å². The van der Waals surface area contributed by atoms with E-state index in [2.05, 4.69) is 18.3 Å². The van der Waals surface area contributed by atoms with E-state index in [-0.39, 0.29) is 17.9 Å². The molecule has 0 radical (unpaired) electrons. The van der Waals surface area contributed by atoms with E-state index in [1.807, 2.05) is 23.1 Å². The van der Waals surface area contributed by atoms with Gasteiger partial charge < -0.3 is 10.2 Å². The van der Waals surface area contributed by atoms with Crippen LogP contribution in [0, 0.1) is 0 Å². The number of hydrogen-bond donors (Lipinski definition) is 1. The van der Waals surface area contributed by atoms with Crippen LogP contribution in [0.5, 0.6) is 0 Å². The van der Waals surface area contributed by atoms with Gasteiger partial charge in [0.1, 0.15) is 0 Å². The van der Waals surface area contributed by atoms with Crippen LogP contribution in [0.3, 0.4) is 0 Å². The number of amides is 2. The van der Waals surface area contributed by atoms with Gasteiger partial charge in [-0.15, -0.1) is 0 Å². The number of nitrogens with zero attached hydrogens (tertiary/aromatic N) is 1. The maximum Gasteiger partial charge on any atom is 0.258 e. The van der Waals surface area contributed by atoms with Gasteiger partial charge in [0.25, 0.3) is 5.91 Å². The summed E-state index contributed by atoms with van der Waals surface area (Å²) in [5, 5.41) is 2.71. The van der Waals surface area contributed by atoms with E-state index in [9.17, 15) is 9.59 Å². The van der Waals surface area contributed by atoms with Gasteiger partial charge in [-0.25, -0.2) is 0 Å². The summed E-state index contributed by atoms with van der Waals surface area (Å²) in [5.41, 5.74) is 3.54. The Labute approximate surface area is 136 Å². The molecule has 118 valence electrons. The van der Waals surface area contributed by atoms with Crippen molar-refractivity contribution in [2.45, 2.75) is 32.7 Å². The molecule has 1 atom stereocenters. The largest absolute Gasteiger partial charge is 0.326 e. The summed E-state index contributed by atoms with van der Waals surface area (Å²) in [6, 6.07) is 15.3. The Balaban J connectivity index is 1.89. The predicted molar refractivity (Wildman–Crippen MR) is 91.8 cm³/mol. The van der Waals surface area contributed by atoms with Crippen molar-refractivity contribution in [3.8, 4) is 0 Å². The van der Waals surface area contributed by atoms with Crippen LogP contribution in [0.15, 0.2) is 48.5 Å². The monoisotopic (exact) mass is 308 g/mol. The molecule has 0 aliphatic carbocycles. The highest BCUT2D eigenvalue weighted by atomic mass is 16.2. The summed E-state index contributed by atoms with van der Waals surface area (Å²) in [6.45, 7) is 3.55. The highest BCUT2D eigenvalue weighted by Gasteiger charge is 2.28. The topological polar surface area (TPSA) is 49.4 Å². The average molecular weight is 308 g/mol. The van der Waals surface area contributed by atoms with Crippen LogP contribution in [-0.4, -0.2) is 17.9 Å². The van der Waals surface area contributed by atoms with E-state index < -0.39 is 0 Å². The lowest BCUT2D eigenvalue weighted by atomic mass is 9.95. The summed E-state index contributed by atoms with van der Waals surface area (Å²) >= 11 is 0. The lowest BCUT2D eigenvalue weighted by molar-refractivity contribution is -0.114. The molecule has 0 spiro atoms. The van der Waals surface area contributed by atoms with Crippen LogP contribution >= 0.6 is 0 Å². The Morgan fingerprint density at radius 3 is 2.48 bits per heavy atom. The Bertz CT molecular complexity index is 737. The molecular weight excluding hydrogens is 288 g/mol. The van der Waals surface area contributed by atoms with E-state index in [1.54, 1.807) is 24.3 Å². The highest BCUT2D eigenvalue weighted by Crippen LogP contribution is 2.31. The van der Waals surface area contributed by atoms with E-state index >= 15 is 0 Å². The maximum absolute atomic E-state index is 12.9. The number of rotatable bonds is 2. The van der Waals surface area contributed by atoms with Crippen molar-refractivity contribution in [1.29, 1.82) is 0 Å². The number of hydrogen-bond acceptors (Lipinski definition) is 2. The van der Waals surface area contributed by atoms with Gasteiger partial charge in [0, 0.05) is 29.9 Å². The summed E-state index contributed by atoms with van der Waals surface area (Å²) in [6.07, 6.45) is 1.97. The molecule has 0 bridgehead atoms. The lowest BCUT2D eigenvalue weighted by Crippen LogP contribution is -2.42. The van der Waals surface area contributed by atoms with Crippen molar-refractivity contribution in [3.63, 3.8) is 0 Å². The first-order chi connectivity index (χ1) is 11.1. The second kappa shape index (κ2) is 6.24. The van der Waals surface area contributed by atoms with E-state index in [1.165, 1.54) is 12.5 Å². The molecule has 2 aromatic rings. The fourth-order valence-corrected chi connectivity index (χ4v) is 3.04. The first-order valence-corrected chi connectivity index (χ1v) is 7.85. The van der Waals surface area contributed by atoms with Crippen molar-refractivity contribution in [1.82, 2.24) is 0 Å². The van der Waals surface area contributed by atoms with Gasteiger partial charge >= 0.3 is 0 Å². The minimum absolute atomic E-state index is 0.000903. The van der Waals surface area contributed by atoms with Crippen molar-refractivity contribution in [2.75, 3.05) is 10.2 Å². The summed E-state index contributed by atoms with van der Waals surface area (Å²) in [4.78, 5) is 25.9. The van der Waals surface area contributed by atoms with Gasteiger partial charge in [0.15, 0.2) is 0 Å². The molecule has 0 saturated carbocycles. The first kappa shape index (κ1) is 15.3. The van der Waals surface area contributed by atoms with Crippen LogP contribution in [-0.2, 0) is 11.2 Å². The quantitative estimate of drug-likeness (QED) is 0.921. The summed E-state index contributed by atoms with van der Waals surface area (Å²) < 4.78 is 0. The Morgan fingerprint density at radius 2 is 1.78 bits per heavy atom. The van der Waals surface area contributed by atoms with Crippen molar-refractivity contribution in [2.24, 2.45) is 0 Å². The number of aryl methyl sites for hydroxylation is 1. The molecule has 0 saturated heterocycles. The van der Waals surface area contributed by atoms with Gasteiger partial charge in [0.2, 0.25) is 5.91 Å². The third-order valence-electron chi connectivity index (χ3n) is 4.19. The number of anilines is 2. The third-order valence-corrected chi connectivity index (χ3v) is 4.19. The second-order valence-corrected chi connectivity index (χ2v) is 5.95. The molecule has 1 aliphatic heterocycles. The van der Waals surface area contributed by atoms with Crippen LogP contribution in [0.1, 0.15) is 36.2 Å². The van der Waals surface area contributed by atoms with Crippen molar-refractivity contribution in [3.05, 3.63) is 59.7 Å². The van der Waals surface area contributed by atoms with Crippen molar-refractivity contribution >= 4 is 23.2 Å². The predicted octanol–water partition coefficient (Wildman–Crippen LogP) is 3.63. The minimum Gasteiger partial charge on any atom is -0.326 e. The highest BCUT2D eigenvalue weighted by molar-refractivity contribution is 6.07. The van der Waals surface area contributed by atoms with Gasteiger partial charge in [-0.3, -0.25) is 9.59 Å². The van der Waals surface area contributed by atoms with Gasteiger partial charge in [-0.05, 0) is 55.7 Å². The first-order valence-electron chi connectivity index (χ1n) is 7.85.